The van der Waals surface area contributed by atoms with Crippen molar-refractivity contribution in [3.63, 3.8) is 0 Å². The molecular weight excluding hydrogens is 286 g/mol. The third kappa shape index (κ3) is 4.03. The summed E-state index contributed by atoms with van der Waals surface area (Å²) in [5.41, 5.74) is 7.44. The average molecular weight is 305 g/mol. The highest BCUT2D eigenvalue weighted by Crippen LogP contribution is 2.22. The minimum atomic E-state index is -0.0531. The number of hydrogen-bond donors (Lipinski definition) is 1. The lowest BCUT2D eigenvalue weighted by Crippen LogP contribution is -2.33. The maximum absolute atomic E-state index is 12.7. The van der Waals surface area contributed by atoms with Gasteiger partial charge in [-0.3, -0.25) is 4.79 Å². The molecule has 0 spiro atoms. The summed E-state index contributed by atoms with van der Waals surface area (Å²) in [6, 6.07) is 9.88. The van der Waals surface area contributed by atoms with E-state index in [0.717, 1.165) is 5.56 Å². The van der Waals surface area contributed by atoms with Crippen LogP contribution in [-0.2, 0) is 11.3 Å². The predicted octanol–water partition coefficient (Wildman–Crippen LogP) is 2.32. The van der Waals surface area contributed by atoms with Crippen LogP contribution in [0.1, 0.15) is 20.9 Å². The quantitative estimate of drug-likeness (QED) is 0.889. The lowest BCUT2D eigenvalue weighted by Gasteiger charge is -2.22. The summed E-state index contributed by atoms with van der Waals surface area (Å²) < 4.78 is 5.10. The number of thiazole rings is 1. The van der Waals surface area contributed by atoms with E-state index in [1.807, 2.05) is 30.3 Å². The number of carbonyl (C=O) groups excluding carboxylic acids is 1. The van der Waals surface area contributed by atoms with Crippen molar-refractivity contribution in [1.29, 1.82) is 0 Å². The molecule has 0 unspecified atom stereocenters. The van der Waals surface area contributed by atoms with Gasteiger partial charge in [0.2, 0.25) is 0 Å². The van der Waals surface area contributed by atoms with Crippen molar-refractivity contribution in [3.05, 3.63) is 46.5 Å². The summed E-state index contributed by atoms with van der Waals surface area (Å²) in [6.45, 7) is 3.37. The van der Waals surface area contributed by atoms with Crippen LogP contribution in [0, 0.1) is 6.92 Å². The number of methoxy groups -OCH3 is 1. The molecule has 2 rings (SSSR count). The first kappa shape index (κ1) is 15.5. The van der Waals surface area contributed by atoms with Gasteiger partial charge >= 0.3 is 0 Å². The van der Waals surface area contributed by atoms with E-state index < -0.39 is 0 Å². The van der Waals surface area contributed by atoms with Gasteiger partial charge in [-0.15, -0.1) is 0 Å². The number of hydrogen-bond acceptors (Lipinski definition) is 5. The molecule has 2 aromatic rings. The Kier molecular flexibility index (Phi) is 5.30. The first-order valence-electron chi connectivity index (χ1n) is 6.67. The summed E-state index contributed by atoms with van der Waals surface area (Å²) >= 11 is 1.23. The Morgan fingerprint density at radius 2 is 2.10 bits per heavy atom. The zero-order valence-electron chi connectivity index (χ0n) is 12.2. The Morgan fingerprint density at radius 3 is 2.67 bits per heavy atom. The first-order valence-corrected chi connectivity index (χ1v) is 7.48. The summed E-state index contributed by atoms with van der Waals surface area (Å²) in [7, 11) is 1.63. The first-order chi connectivity index (χ1) is 10.1. The molecule has 0 atom stereocenters. The minimum Gasteiger partial charge on any atom is -0.383 e. The standard InChI is InChI=1S/C15H19N3O2S/c1-11-13(21-15(16)17-11)14(19)18(8-9-20-2)10-12-6-4-3-5-7-12/h3-7H,8-10H2,1-2H3,(H2,16,17). The van der Waals surface area contributed by atoms with E-state index in [1.54, 1.807) is 18.9 Å². The lowest BCUT2D eigenvalue weighted by molar-refractivity contribution is 0.0684. The van der Waals surface area contributed by atoms with Crippen molar-refractivity contribution >= 4 is 22.4 Å². The molecule has 5 nitrogen and oxygen atoms in total. The number of nitrogens with zero attached hydrogens (tertiary/aromatic N) is 2. The number of anilines is 1. The van der Waals surface area contributed by atoms with Crippen molar-refractivity contribution in [1.82, 2.24) is 9.88 Å². The zero-order valence-corrected chi connectivity index (χ0v) is 13.0. The maximum Gasteiger partial charge on any atom is 0.266 e. The van der Waals surface area contributed by atoms with E-state index in [0.29, 0.717) is 35.4 Å². The molecule has 0 radical (unpaired) electrons. The smallest absolute Gasteiger partial charge is 0.266 e. The number of nitrogens with two attached hydrogens (primary N) is 1. The van der Waals surface area contributed by atoms with Gasteiger partial charge in [0.15, 0.2) is 5.13 Å². The predicted molar refractivity (Wildman–Crippen MR) is 84.3 cm³/mol. The third-order valence-corrected chi connectivity index (χ3v) is 4.05. The third-order valence-electron chi connectivity index (χ3n) is 3.08. The van der Waals surface area contributed by atoms with Crippen LogP contribution in [0.15, 0.2) is 30.3 Å². The van der Waals surface area contributed by atoms with E-state index in [4.69, 9.17) is 10.5 Å². The van der Waals surface area contributed by atoms with Gasteiger partial charge in [-0.2, -0.15) is 0 Å². The molecule has 0 saturated heterocycles. The van der Waals surface area contributed by atoms with Crippen LogP contribution in [0.4, 0.5) is 5.13 Å². The molecule has 0 aliphatic carbocycles. The Hall–Kier alpha value is -1.92. The van der Waals surface area contributed by atoms with E-state index in [-0.39, 0.29) is 5.91 Å². The molecular formula is C15H19N3O2S. The Morgan fingerprint density at radius 1 is 1.38 bits per heavy atom. The van der Waals surface area contributed by atoms with E-state index in [2.05, 4.69) is 4.98 Å². The van der Waals surface area contributed by atoms with Gasteiger partial charge in [0.05, 0.1) is 12.3 Å². The van der Waals surface area contributed by atoms with Crippen LogP contribution in [0.5, 0.6) is 0 Å². The molecule has 0 fully saturated rings. The minimum absolute atomic E-state index is 0.0531. The normalized spacial score (nSPS) is 10.6. The van der Waals surface area contributed by atoms with E-state index >= 15 is 0 Å². The molecule has 0 aliphatic rings. The van der Waals surface area contributed by atoms with Crippen molar-refractivity contribution in [2.45, 2.75) is 13.5 Å². The number of carbonyl (C=O) groups is 1. The summed E-state index contributed by atoms with van der Waals surface area (Å²) in [4.78, 5) is 19.2. The monoisotopic (exact) mass is 305 g/mol. The molecule has 1 aromatic heterocycles. The van der Waals surface area contributed by atoms with E-state index in [9.17, 15) is 4.79 Å². The molecule has 1 amide bonds. The van der Waals surface area contributed by atoms with Gasteiger partial charge in [-0.25, -0.2) is 4.98 Å². The fourth-order valence-electron chi connectivity index (χ4n) is 2.02. The maximum atomic E-state index is 12.7. The van der Waals surface area contributed by atoms with Crippen LogP contribution in [0.3, 0.4) is 0 Å². The van der Waals surface area contributed by atoms with E-state index in [1.165, 1.54) is 11.3 Å². The average Bonchev–Trinajstić information content (AvgIpc) is 2.82. The van der Waals surface area contributed by atoms with Crippen LogP contribution in [0.25, 0.3) is 0 Å². The number of ether oxygens (including phenoxy) is 1. The molecule has 21 heavy (non-hydrogen) atoms. The summed E-state index contributed by atoms with van der Waals surface area (Å²) in [5, 5.41) is 0.419. The van der Waals surface area contributed by atoms with Crippen LogP contribution in [-0.4, -0.2) is 36.1 Å². The molecule has 112 valence electrons. The van der Waals surface area contributed by atoms with Gasteiger partial charge in [0, 0.05) is 20.2 Å². The van der Waals surface area contributed by atoms with Gasteiger partial charge in [0.1, 0.15) is 4.88 Å². The Balaban J connectivity index is 2.19. The molecule has 1 aromatic carbocycles. The molecule has 0 bridgehead atoms. The second-order valence-corrected chi connectivity index (χ2v) is 5.70. The molecule has 1 heterocycles. The number of nitrogen functional groups attached to an aromatic ring is 1. The van der Waals surface area contributed by atoms with Crippen molar-refractivity contribution in [3.8, 4) is 0 Å². The molecule has 0 aliphatic heterocycles. The SMILES string of the molecule is COCCN(Cc1ccccc1)C(=O)c1sc(N)nc1C. The van der Waals surface area contributed by atoms with Crippen LogP contribution < -0.4 is 5.73 Å². The molecule has 6 heteroatoms. The van der Waals surface area contributed by atoms with Crippen LogP contribution in [0.2, 0.25) is 0 Å². The second-order valence-electron chi connectivity index (χ2n) is 4.67. The van der Waals surface area contributed by atoms with Crippen molar-refractivity contribution in [2.75, 3.05) is 26.0 Å². The van der Waals surface area contributed by atoms with Gasteiger partial charge in [0.25, 0.3) is 5.91 Å². The highest BCUT2D eigenvalue weighted by Gasteiger charge is 2.21. The summed E-state index contributed by atoms with van der Waals surface area (Å²) in [6.07, 6.45) is 0. The number of aromatic nitrogens is 1. The molecule has 0 saturated carbocycles. The van der Waals surface area contributed by atoms with Gasteiger partial charge in [-0.05, 0) is 12.5 Å². The number of amides is 1. The highest BCUT2D eigenvalue weighted by atomic mass is 32.1. The Bertz CT molecular complexity index is 598. The zero-order chi connectivity index (χ0) is 15.2. The largest absolute Gasteiger partial charge is 0.383 e. The van der Waals surface area contributed by atoms with Crippen molar-refractivity contribution in [2.24, 2.45) is 0 Å². The number of benzene rings is 1. The number of aryl methyl sites for hydroxylation is 1. The molecule has 2 N–H and O–H groups in total. The lowest BCUT2D eigenvalue weighted by atomic mass is 10.2. The fourth-order valence-corrected chi connectivity index (χ4v) is 2.82. The van der Waals surface area contributed by atoms with Crippen molar-refractivity contribution < 1.29 is 9.53 Å². The second kappa shape index (κ2) is 7.19. The van der Waals surface area contributed by atoms with Crippen LogP contribution >= 0.6 is 11.3 Å². The van der Waals surface area contributed by atoms with Gasteiger partial charge < -0.3 is 15.4 Å². The fraction of sp³-hybridized carbons (Fsp3) is 0.333. The summed E-state index contributed by atoms with van der Waals surface area (Å²) in [5.74, 6) is -0.0531. The number of rotatable bonds is 6. The highest BCUT2D eigenvalue weighted by molar-refractivity contribution is 7.17. The topological polar surface area (TPSA) is 68.5 Å². The van der Waals surface area contributed by atoms with Gasteiger partial charge in [-0.1, -0.05) is 41.7 Å². The Labute approximate surface area is 128 Å².